The molecule has 2 rings (SSSR count). The lowest BCUT2D eigenvalue weighted by Crippen LogP contribution is -2.47. The predicted octanol–water partition coefficient (Wildman–Crippen LogP) is 2.83. The molecule has 0 unspecified atom stereocenters. The fraction of sp³-hybridized carbons (Fsp3) is 0.600. The van der Waals surface area contributed by atoms with E-state index in [1.165, 1.54) is 0 Å². The van der Waals surface area contributed by atoms with Gasteiger partial charge in [0.15, 0.2) is 0 Å². The van der Waals surface area contributed by atoms with Crippen molar-refractivity contribution < 1.29 is 8.42 Å². The van der Waals surface area contributed by atoms with E-state index in [4.69, 9.17) is 11.6 Å². The zero-order valence-electron chi connectivity index (χ0n) is 12.8. The summed E-state index contributed by atoms with van der Waals surface area (Å²) in [5, 5.41) is 0.547. The maximum Gasteiger partial charge on any atom is 0.243 e. The number of hydrogen-bond donors (Lipinski definition) is 0. The van der Waals surface area contributed by atoms with Crippen LogP contribution in [0.5, 0.6) is 0 Å². The molecule has 21 heavy (non-hydrogen) atoms. The van der Waals surface area contributed by atoms with Gasteiger partial charge in [-0.1, -0.05) is 11.6 Å². The van der Waals surface area contributed by atoms with Crippen LogP contribution in [0.15, 0.2) is 29.2 Å². The van der Waals surface area contributed by atoms with Crippen LogP contribution in [0.2, 0.25) is 5.02 Å². The molecule has 1 aliphatic rings. The molecule has 0 atom stereocenters. The summed E-state index contributed by atoms with van der Waals surface area (Å²) in [4.78, 5) is 2.65. The van der Waals surface area contributed by atoms with E-state index >= 15 is 0 Å². The zero-order chi connectivity index (χ0) is 15.6. The van der Waals surface area contributed by atoms with E-state index in [0.717, 1.165) is 12.8 Å². The minimum absolute atomic E-state index is 0.322. The summed E-state index contributed by atoms with van der Waals surface area (Å²) in [7, 11) is -1.28. The molecule has 1 aromatic carbocycles. The summed E-state index contributed by atoms with van der Waals surface area (Å²) in [6, 6.07) is 7.33. The van der Waals surface area contributed by atoms with E-state index in [-0.39, 0.29) is 0 Å². The average Bonchev–Trinajstić information content (AvgIpc) is 2.47. The van der Waals surface area contributed by atoms with Crippen molar-refractivity contribution in [3.05, 3.63) is 29.3 Å². The van der Waals surface area contributed by atoms with Gasteiger partial charge in [-0.2, -0.15) is 4.31 Å². The van der Waals surface area contributed by atoms with Crippen molar-refractivity contribution in [2.75, 3.05) is 20.1 Å². The fourth-order valence-electron chi connectivity index (χ4n) is 2.67. The normalized spacial score (nSPS) is 18.6. The molecule has 1 saturated heterocycles. The SMILES string of the molecule is CC(C)N(C)C1CCN(S(=O)(=O)c2ccc(Cl)cc2)CC1. The van der Waals surface area contributed by atoms with Crippen molar-refractivity contribution in [1.29, 1.82) is 0 Å². The van der Waals surface area contributed by atoms with Gasteiger partial charge in [0.2, 0.25) is 10.0 Å². The molecule has 0 N–H and O–H groups in total. The van der Waals surface area contributed by atoms with E-state index in [0.29, 0.717) is 35.1 Å². The number of piperidine rings is 1. The molecule has 118 valence electrons. The first-order valence-electron chi connectivity index (χ1n) is 7.30. The Morgan fingerprint density at radius 1 is 1.19 bits per heavy atom. The van der Waals surface area contributed by atoms with Crippen LogP contribution in [0.1, 0.15) is 26.7 Å². The molecule has 0 aromatic heterocycles. The maximum absolute atomic E-state index is 12.6. The highest BCUT2D eigenvalue weighted by molar-refractivity contribution is 7.89. The van der Waals surface area contributed by atoms with Crippen molar-refractivity contribution in [2.45, 2.75) is 43.7 Å². The van der Waals surface area contributed by atoms with Gasteiger partial charge in [-0.25, -0.2) is 8.42 Å². The summed E-state index contributed by atoms with van der Waals surface area (Å²) in [6.07, 6.45) is 1.75. The van der Waals surface area contributed by atoms with Gasteiger partial charge in [0.1, 0.15) is 0 Å². The number of rotatable bonds is 4. The second kappa shape index (κ2) is 6.65. The predicted molar refractivity (Wildman–Crippen MR) is 86.1 cm³/mol. The first kappa shape index (κ1) is 16.7. The van der Waals surface area contributed by atoms with Gasteiger partial charge in [0.05, 0.1) is 4.90 Å². The molecule has 1 heterocycles. The Morgan fingerprint density at radius 2 is 1.71 bits per heavy atom. The van der Waals surface area contributed by atoms with Crippen LogP contribution in [0.4, 0.5) is 0 Å². The molecular formula is C15H23ClN2O2S. The highest BCUT2D eigenvalue weighted by atomic mass is 35.5. The van der Waals surface area contributed by atoms with E-state index in [9.17, 15) is 8.42 Å². The third-order valence-corrected chi connectivity index (χ3v) is 6.43. The van der Waals surface area contributed by atoms with E-state index < -0.39 is 10.0 Å². The lowest BCUT2D eigenvalue weighted by atomic mass is 10.0. The van der Waals surface area contributed by atoms with E-state index in [1.807, 2.05) is 0 Å². The van der Waals surface area contributed by atoms with Gasteiger partial charge in [0.25, 0.3) is 0 Å². The van der Waals surface area contributed by atoms with Gasteiger partial charge in [-0.15, -0.1) is 0 Å². The topological polar surface area (TPSA) is 40.6 Å². The van der Waals surface area contributed by atoms with Gasteiger partial charge in [-0.3, -0.25) is 0 Å². The maximum atomic E-state index is 12.6. The van der Waals surface area contributed by atoms with Crippen molar-refractivity contribution >= 4 is 21.6 Å². The molecule has 0 amide bonds. The molecule has 0 saturated carbocycles. The molecule has 0 bridgehead atoms. The largest absolute Gasteiger partial charge is 0.301 e. The average molecular weight is 331 g/mol. The third kappa shape index (κ3) is 3.77. The van der Waals surface area contributed by atoms with Crippen LogP contribution in [-0.2, 0) is 10.0 Å². The Kier molecular flexibility index (Phi) is 5.30. The molecular weight excluding hydrogens is 308 g/mol. The van der Waals surface area contributed by atoms with Crippen molar-refractivity contribution in [2.24, 2.45) is 0 Å². The summed E-state index contributed by atoms with van der Waals surface area (Å²) < 4.78 is 26.7. The molecule has 1 fully saturated rings. The van der Waals surface area contributed by atoms with Crippen LogP contribution in [0.3, 0.4) is 0 Å². The van der Waals surface area contributed by atoms with Crippen LogP contribution in [0.25, 0.3) is 0 Å². The Hall–Kier alpha value is -0.620. The molecule has 0 radical (unpaired) electrons. The van der Waals surface area contributed by atoms with Gasteiger partial charge in [-0.05, 0) is 58.0 Å². The number of hydrogen-bond acceptors (Lipinski definition) is 3. The summed E-state index contributed by atoms with van der Waals surface area (Å²) in [6.45, 7) is 5.48. The second-order valence-corrected chi connectivity index (χ2v) is 8.22. The van der Waals surface area contributed by atoms with Crippen molar-refractivity contribution in [1.82, 2.24) is 9.21 Å². The third-order valence-electron chi connectivity index (χ3n) is 4.27. The second-order valence-electron chi connectivity index (χ2n) is 5.85. The van der Waals surface area contributed by atoms with Gasteiger partial charge >= 0.3 is 0 Å². The number of halogens is 1. The number of nitrogens with zero attached hydrogens (tertiary/aromatic N) is 2. The summed E-state index contributed by atoms with van der Waals surface area (Å²) in [5.41, 5.74) is 0. The number of sulfonamides is 1. The molecule has 0 spiro atoms. The summed E-state index contributed by atoms with van der Waals surface area (Å²) >= 11 is 5.82. The van der Waals surface area contributed by atoms with Crippen LogP contribution in [0, 0.1) is 0 Å². The smallest absolute Gasteiger partial charge is 0.243 e. The Balaban J connectivity index is 2.06. The fourth-order valence-corrected chi connectivity index (χ4v) is 4.26. The highest BCUT2D eigenvalue weighted by Crippen LogP contribution is 2.24. The lowest BCUT2D eigenvalue weighted by molar-refractivity contribution is 0.138. The van der Waals surface area contributed by atoms with Crippen LogP contribution in [-0.4, -0.2) is 49.8 Å². The first-order valence-corrected chi connectivity index (χ1v) is 9.12. The highest BCUT2D eigenvalue weighted by Gasteiger charge is 2.31. The molecule has 6 heteroatoms. The molecule has 1 aliphatic heterocycles. The molecule has 0 aliphatic carbocycles. The van der Waals surface area contributed by atoms with Crippen molar-refractivity contribution in [3.8, 4) is 0 Å². The first-order chi connectivity index (χ1) is 9.82. The number of benzene rings is 1. The lowest BCUT2D eigenvalue weighted by Gasteiger charge is -2.38. The van der Waals surface area contributed by atoms with E-state index in [1.54, 1.807) is 28.6 Å². The Labute approximate surface area is 132 Å². The minimum atomic E-state index is -3.39. The standard InChI is InChI=1S/C15H23ClN2O2S/c1-12(2)17(3)14-8-10-18(11-9-14)21(19,20)15-6-4-13(16)5-7-15/h4-7,12,14H,8-11H2,1-3H3. The monoisotopic (exact) mass is 330 g/mol. The minimum Gasteiger partial charge on any atom is -0.301 e. The summed E-state index contributed by atoms with van der Waals surface area (Å²) in [5.74, 6) is 0. The van der Waals surface area contributed by atoms with Crippen molar-refractivity contribution in [3.63, 3.8) is 0 Å². The van der Waals surface area contributed by atoms with Gasteiger partial charge < -0.3 is 4.90 Å². The Morgan fingerprint density at radius 3 is 2.19 bits per heavy atom. The van der Waals surface area contributed by atoms with Crippen LogP contribution < -0.4 is 0 Å². The van der Waals surface area contributed by atoms with Crippen LogP contribution >= 0.6 is 11.6 Å². The quantitative estimate of drug-likeness (QED) is 0.852. The molecule has 4 nitrogen and oxygen atoms in total. The zero-order valence-corrected chi connectivity index (χ0v) is 14.4. The Bertz CT molecular complexity index is 564. The molecule has 1 aromatic rings. The van der Waals surface area contributed by atoms with Gasteiger partial charge in [0, 0.05) is 30.2 Å². The van der Waals surface area contributed by atoms with E-state index in [2.05, 4.69) is 25.8 Å².